The molecule has 0 aliphatic heterocycles. The SMILES string of the molecule is Cc1cccc(OC(=O)C2CCC(C(=O)Oc3ccccc3)CC2)c1. The second-order valence-electron chi connectivity index (χ2n) is 6.52. The average molecular weight is 338 g/mol. The summed E-state index contributed by atoms with van der Waals surface area (Å²) < 4.78 is 10.9. The number of para-hydroxylation sites is 1. The van der Waals surface area contributed by atoms with Gasteiger partial charge in [-0.15, -0.1) is 0 Å². The number of benzene rings is 2. The fourth-order valence-electron chi connectivity index (χ4n) is 3.13. The maximum Gasteiger partial charge on any atom is 0.314 e. The van der Waals surface area contributed by atoms with Crippen molar-refractivity contribution in [1.82, 2.24) is 0 Å². The third-order valence-corrected chi connectivity index (χ3v) is 4.56. The summed E-state index contributed by atoms with van der Waals surface area (Å²) in [6.45, 7) is 1.96. The Kier molecular flexibility index (Phi) is 5.49. The number of rotatable bonds is 4. The summed E-state index contributed by atoms with van der Waals surface area (Å²) in [5, 5.41) is 0. The van der Waals surface area contributed by atoms with Gasteiger partial charge in [0, 0.05) is 0 Å². The van der Waals surface area contributed by atoms with Crippen molar-refractivity contribution in [3.05, 3.63) is 60.2 Å². The van der Waals surface area contributed by atoms with E-state index in [9.17, 15) is 9.59 Å². The van der Waals surface area contributed by atoms with Crippen molar-refractivity contribution < 1.29 is 19.1 Å². The number of hydrogen-bond acceptors (Lipinski definition) is 4. The van der Waals surface area contributed by atoms with Gasteiger partial charge in [-0.25, -0.2) is 0 Å². The Morgan fingerprint density at radius 2 is 1.28 bits per heavy atom. The van der Waals surface area contributed by atoms with E-state index in [1.54, 1.807) is 18.2 Å². The number of carbonyl (C=O) groups is 2. The van der Waals surface area contributed by atoms with Gasteiger partial charge in [0.2, 0.25) is 0 Å². The van der Waals surface area contributed by atoms with Gasteiger partial charge in [0.05, 0.1) is 11.8 Å². The van der Waals surface area contributed by atoms with Crippen LogP contribution in [0, 0.1) is 18.8 Å². The normalized spacial score (nSPS) is 19.9. The van der Waals surface area contributed by atoms with E-state index in [4.69, 9.17) is 9.47 Å². The number of carbonyl (C=O) groups excluding carboxylic acids is 2. The summed E-state index contributed by atoms with van der Waals surface area (Å²) in [4.78, 5) is 24.5. The van der Waals surface area contributed by atoms with Crippen molar-refractivity contribution in [2.24, 2.45) is 11.8 Å². The van der Waals surface area contributed by atoms with Crippen LogP contribution in [0.25, 0.3) is 0 Å². The average Bonchev–Trinajstić information content (AvgIpc) is 2.62. The highest BCUT2D eigenvalue weighted by atomic mass is 16.5. The van der Waals surface area contributed by atoms with Crippen molar-refractivity contribution in [2.45, 2.75) is 32.6 Å². The molecule has 25 heavy (non-hydrogen) atoms. The Morgan fingerprint density at radius 3 is 1.84 bits per heavy atom. The number of aryl methyl sites for hydroxylation is 1. The van der Waals surface area contributed by atoms with Crippen LogP contribution in [0.5, 0.6) is 11.5 Å². The topological polar surface area (TPSA) is 52.6 Å². The Balaban J connectivity index is 1.49. The summed E-state index contributed by atoms with van der Waals surface area (Å²) in [5.74, 6) is 0.422. The van der Waals surface area contributed by atoms with E-state index in [0.717, 1.165) is 5.56 Å². The zero-order chi connectivity index (χ0) is 17.6. The van der Waals surface area contributed by atoms with E-state index in [-0.39, 0.29) is 23.8 Å². The zero-order valence-corrected chi connectivity index (χ0v) is 14.3. The third-order valence-electron chi connectivity index (χ3n) is 4.56. The van der Waals surface area contributed by atoms with Crippen LogP contribution in [0.15, 0.2) is 54.6 Å². The van der Waals surface area contributed by atoms with E-state index >= 15 is 0 Å². The highest BCUT2D eigenvalue weighted by Crippen LogP contribution is 2.31. The molecule has 1 saturated carbocycles. The van der Waals surface area contributed by atoms with Crippen molar-refractivity contribution >= 4 is 11.9 Å². The molecule has 4 nitrogen and oxygen atoms in total. The highest BCUT2D eigenvalue weighted by molar-refractivity contribution is 5.77. The molecule has 4 heteroatoms. The molecule has 130 valence electrons. The van der Waals surface area contributed by atoms with E-state index < -0.39 is 0 Å². The fraction of sp³-hybridized carbons (Fsp3) is 0.333. The summed E-state index contributed by atoms with van der Waals surface area (Å²) in [6, 6.07) is 16.5. The van der Waals surface area contributed by atoms with Crippen LogP contribution < -0.4 is 9.47 Å². The van der Waals surface area contributed by atoms with Gasteiger partial charge in [-0.3, -0.25) is 9.59 Å². The molecular formula is C21H22O4. The molecular weight excluding hydrogens is 316 g/mol. The second kappa shape index (κ2) is 7.97. The molecule has 0 atom stereocenters. The molecule has 0 heterocycles. The smallest absolute Gasteiger partial charge is 0.314 e. The lowest BCUT2D eigenvalue weighted by molar-refractivity contribution is -0.145. The maximum absolute atomic E-state index is 12.3. The molecule has 2 aromatic carbocycles. The second-order valence-corrected chi connectivity index (χ2v) is 6.52. The molecule has 0 aromatic heterocycles. The van der Waals surface area contributed by atoms with Gasteiger partial charge in [-0.2, -0.15) is 0 Å². The number of ether oxygens (including phenoxy) is 2. The molecule has 3 rings (SSSR count). The van der Waals surface area contributed by atoms with E-state index in [0.29, 0.717) is 37.2 Å². The van der Waals surface area contributed by atoms with Crippen molar-refractivity contribution in [3.8, 4) is 11.5 Å². The van der Waals surface area contributed by atoms with Crippen LogP contribution in [0.4, 0.5) is 0 Å². The van der Waals surface area contributed by atoms with Crippen LogP contribution in [0.1, 0.15) is 31.2 Å². The minimum atomic E-state index is -0.211. The minimum absolute atomic E-state index is 0.150. The van der Waals surface area contributed by atoms with Crippen molar-refractivity contribution in [3.63, 3.8) is 0 Å². The predicted octanol–water partition coefficient (Wildman–Crippen LogP) is 4.31. The van der Waals surface area contributed by atoms with Gasteiger partial charge in [0.25, 0.3) is 0 Å². The molecule has 0 spiro atoms. The molecule has 1 fully saturated rings. The fourth-order valence-corrected chi connectivity index (χ4v) is 3.13. The van der Waals surface area contributed by atoms with Gasteiger partial charge in [-0.1, -0.05) is 30.3 Å². The largest absolute Gasteiger partial charge is 0.426 e. The maximum atomic E-state index is 12.3. The Morgan fingerprint density at radius 1 is 0.760 bits per heavy atom. The first-order chi connectivity index (χ1) is 12.1. The molecule has 1 aliphatic rings. The first-order valence-electron chi connectivity index (χ1n) is 8.67. The first kappa shape index (κ1) is 17.2. The molecule has 0 saturated heterocycles. The quantitative estimate of drug-likeness (QED) is 0.616. The van der Waals surface area contributed by atoms with Crippen molar-refractivity contribution in [2.75, 3.05) is 0 Å². The van der Waals surface area contributed by atoms with Gasteiger partial charge >= 0.3 is 11.9 Å². The lowest BCUT2D eigenvalue weighted by Gasteiger charge is -2.25. The molecule has 0 bridgehead atoms. The van der Waals surface area contributed by atoms with Crippen LogP contribution in [0.3, 0.4) is 0 Å². The molecule has 0 radical (unpaired) electrons. The van der Waals surface area contributed by atoms with Gasteiger partial charge in [-0.05, 0) is 62.4 Å². The minimum Gasteiger partial charge on any atom is -0.426 e. The molecule has 0 unspecified atom stereocenters. The highest BCUT2D eigenvalue weighted by Gasteiger charge is 2.32. The predicted molar refractivity (Wildman–Crippen MR) is 94.3 cm³/mol. The van der Waals surface area contributed by atoms with Crippen LogP contribution in [-0.4, -0.2) is 11.9 Å². The number of hydrogen-bond donors (Lipinski definition) is 0. The van der Waals surface area contributed by atoms with Gasteiger partial charge < -0.3 is 9.47 Å². The lowest BCUT2D eigenvalue weighted by Crippen LogP contribution is -2.30. The third kappa shape index (κ3) is 4.69. The molecule has 2 aromatic rings. The summed E-state index contributed by atoms with van der Waals surface area (Å²) >= 11 is 0. The Bertz CT molecular complexity index is 731. The monoisotopic (exact) mass is 338 g/mol. The van der Waals surface area contributed by atoms with Crippen LogP contribution in [-0.2, 0) is 9.59 Å². The van der Waals surface area contributed by atoms with Crippen LogP contribution >= 0.6 is 0 Å². The Labute approximate surface area is 147 Å². The first-order valence-corrected chi connectivity index (χ1v) is 8.67. The van der Waals surface area contributed by atoms with E-state index in [1.807, 2.05) is 43.3 Å². The molecule has 0 N–H and O–H groups in total. The van der Waals surface area contributed by atoms with E-state index in [2.05, 4.69) is 0 Å². The van der Waals surface area contributed by atoms with Gasteiger partial charge in [0.1, 0.15) is 11.5 Å². The molecule has 0 amide bonds. The zero-order valence-electron chi connectivity index (χ0n) is 14.3. The molecule has 1 aliphatic carbocycles. The Hall–Kier alpha value is -2.62. The summed E-state index contributed by atoms with van der Waals surface area (Å²) in [7, 11) is 0. The standard InChI is InChI=1S/C21H22O4/c1-15-6-5-9-19(14-15)25-21(23)17-12-10-16(11-13-17)20(22)24-18-7-3-2-4-8-18/h2-9,14,16-17H,10-13H2,1H3. The van der Waals surface area contributed by atoms with E-state index in [1.165, 1.54) is 0 Å². The van der Waals surface area contributed by atoms with Gasteiger partial charge in [0.15, 0.2) is 0 Å². The summed E-state index contributed by atoms with van der Waals surface area (Å²) in [5.41, 5.74) is 1.05. The lowest BCUT2D eigenvalue weighted by atomic mass is 9.82. The number of esters is 2. The summed E-state index contributed by atoms with van der Waals surface area (Å²) in [6.07, 6.45) is 2.61. The van der Waals surface area contributed by atoms with Crippen LogP contribution in [0.2, 0.25) is 0 Å². The van der Waals surface area contributed by atoms with Crippen molar-refractivity contribution in [1.29, 1.82) is 0 Å².